The lowest BCUT2D eigenvalue weighted by Gasteiger charge is -2.56. The molecule has 4 aliphatic rings. The summed E-state index contributed by atoms with van der Waals surface area (Å²) in [5, 5.41) is 6.45. The molecule has 2 aromatic carbocycles. The smallest absolute Gasteiger partial charge is 0.255 e. The molecule has 0 heterocycles. The Morgan fingerprint density at radius 2 is 1.43 bits per heavy atom. The highest BCUT2D eigenvalue weighted by Gasteiger charge is 2.51. The normalized spacial score (nSPS) is 28.9. The lowest BCUT2D eigenvalue weighted by molar-refractivity contribution is -0.124. The van der Waals surface area contributed by atoms with Crippen LogP contribution in [0.2, 0.25) is 5.02 Å². The lowest BCUT2D eigenvalue weighted by atomic mass is 9.49. The number of halogens is 1. The fourth-order valence-electron chi connectivity index (χ4n) is 6.52. The van der Waals surface area contributed by atoms with Crippen LogP contribution >= 0.6 is 11.6 Å². The number of hydrogen-bond acceptors (Lipinski definition) is 2. The maximum Gasteiger partial charge on any atom is 0.255 e. The fourth-order valence-corrected chi connectivity index (χ4v) is 6.71. The molecule has 4 bridgehead atoms. The van der Waals surface area contributed by atoms with Gasteiger partial charge in [-0.3, -0.25) is 9.59 Å². The molecule has 2 aromatic rings. The van der Waals surface area contributed by atoms with Crippen LogP contribution in [-0.2, 0) is 4.79 Å². The van der Waals surface area contributed by atoms with Gasteiger partial charge in [-0.25, -0.2) is 0 Å². The Morgan fingerprint density at radius 1 is 0.867 bits per heavy atom. The lowest BCUT2D eigenvalue weighted by Crippen LogP contribution is -2.47. The Hall–Kier alpha value is -2.33. The van der Waals surface area contributed by atoms with Crippen molar-refractivity contribution in [2.75, 3.05) is 10.6 Å². The van der Waals surface area contributed by atoms with E-state index in [1.165, 1.54) is 38.5 Å². The van der Waals surface area contributed by atoms with Gasteiger partial charge >= 0.3 is 0 Å². The molecule has 5 heteroatoms. The second-order valence-electron chi connectivity index (χ2n) is 9.68. The van der Waals surface area contributed by atoms with Crippen molar-refractivity contribution in [2.45, 2.75) is 44.9 Å². The predicted octanol–water partition coefficient (Wildman–Crippen LogP) is 6.14. The van der Waals surface area contributed by atoms with Gasteiger partial charge in [0.05, 0.1) is 0 Å². The number of carbonyl (C=O) groups is 2. The van der Waals surface area contributed by atoms with E-state index in [4.69, 9.17) is 11.6 Å². The van der Waals surface area contributed by atoms with Crippen molar-refractivity contribution in [3.05, 3.63) is 59.1 Å². The quantitative estimate of drug-likeness (QED) is 0.608. The maximum absolute atomic E-state index is 12.8. The van der Waals surface area contributed by atoms with Gasteiger partial charge in [-0.2, -0.15) is 0 Å². The Bertz CT molecular complexity index is 934. The van der Waals surface area contributed by atoms with Gasteiger partial charge in [0.1, 0.15) is 0 Å². The molecule has 4 aliphatic carbocycles. The van der Waals surface area contributed by atoms with Crippen LogP contribution in [-0.4, -0.2) is 11.8 Å². The molecule has 0 atom stereocenters. The number of rotatable bonds is 5. The first-order chi connectivity index (χ1) is 14.5. The van der Waals surface area contributed by atoms with Gasteiger partial charge in [-0.05, 0) is 104 Å². The summed E-state index contributed by atoms with van der Waals surface area (Å²) in [7, 11) is 0. The second-order valence-corrected chi connectivity index (χ2v) is 10.1. The van der Waals surface area contributed by atoms with Gasteiger partial charge in [0.25, 0.3) is 5.91 Å². The molecule has 2 amide bonds. The van der Waals surface area contributed by atoms with Crippen LogP contribution in [0.15, 0.2) is 48.5 Å². The van der Waals surface area contributed by atoms with E-state index >= 15 is 0 Å². The minimum absolute atomic E-state index is 0.118. The summed E-state index contributed by atoms with van der Waals surface area (Å²) in [6.45, 7) is 0. The first-order valence-corrected chi connectivity index (χ1v) is 11.3. The number of hydrogen-bond donors (Lipinski definition) is 2. The fraction of sp³-hybridized carbons (Fsp3) is 0.440. The first-order valence-electron chi connectivity index (χ1n) is 10.9. The van der Waals surface area contributed by atoms with E-state index in [0.717, 1.165) is 23.4 Å². The third kappa shape index (κ3) is 4.11. The van der Waals surface area contributed by atoms with Crippen LogP contribution in [0.3, 0.4) is 0 Å². The van der Waals surface area contributed by atoms with Crippen LogP contribution in [0.25, 0.3) is 0 Å². The Morgan fingerprint density at radius 3 is 2.00 bits per heavy atom. The second kappa shape index (κ2) is 7.73. The summed E-state index contributed by atoms with van der Waals surface area (Å²) in [5.41, 5.74) is 2.20. The zero-order valence-electron chi connectivity index (χ0n) is 17.0. The van der Waals surface area contributed by atoms with E-state index in [2.05, 4.69) is 10.6 Å². The molecule has 4 fully saturated rings. The van der Waals surface area contributed by atoms with Crippen molar-refractivity contribution in [1.82, 2.24) is 0 Å². The molecule has 30 heavy (non-hydrogen) atoms. The van der Waals surface area contributed by atoms with Crippen molar-refractivity contribution in [1.29, 1.82) is 0 Å². The highest BCUT2D eigenvalue weighted by molar-refractivity contribution is 6.31. The van der Waals surface area contributed by atoms with E-state index in [0.29, 0.717) is 22.7 Å². The SMILES string of the molecule is O=C(CC12CC3CC(CC(C3)C1)C2)Nc1ccc(NC(=O)c2cccc(Cl)c2)cc1. The van der Waals surface area contributed by atoms with Crippen molar-refractivity contribution >= 4 is 34.8 Å². The largest absolute Gasteiger partial charge is 0.326 e. The van der Waals surface area contributed by atoms with Crippen LogP contribution in [0.1, 0.15) is 55.3 Å². The number of carbonyl (C=O) groups excluding carboxylic acids is 2. The monoisotopic (exact) mass is 422 g/mol. The standard InChI is InChI=1S/C25H27ClN2O2/c26-20-3-1-2-19(11-20)24(30)28-22-6-4-21(5-7-22)27-23(29)15-25-12-16-8-17(13-25)10-18(9-16)14-25/h1-7,11,16-18H,8-10,12-15H2,(H,27,29)(H,28,30). The molecule has 0 saturated heterocycles. The average Bonchev–Trinajstić information content (AvgIpc) is 2.68. The Kier molecular flexibility index (Phi) is 5.06. The summed E-state index contributed by atoms with van der Waals surface area (Å²) in [4.78, 5) is 25.1. The summed E-state index contributed by atoms with van der Waals surface area (Å²) < 4.78 is 0. The van der Waals surface area contributed by atoms with Crippen molar-refractivity contribution in [2.24, 2.45) is 23.2 Å². The number of nitrogens with one attached hydrogen (secondary N) is 2. The third-order valence-corrected chi connectivity index (χ3v) is 7.45. The van der Waals surface area contributed by atoms with Gasteiger partial charge in [0, 0.05) is 28.4 Å². The van der Waals surface area contributed by atoms with Crippen molar-refractivity contribution in [3.63, 3.8) is 0 Å². The third-order valence-electron chi connectivity index (χ3n) is 7.21. The van der Waals surface area contributed by atoms with Gasteiger partial charge < -0.3 is 10.6 Å². The van der Waals surface area contributed by atoms with Crippen molar-refractivity contribution < 1.29 is 9.59 Å². The van der Waals surface area contributed by atoms with E-state index in [1.807, 2.05) is 24.3 Å². The predicted molar refractivity (Wildman–Crippen MR) is 120 cm³/mol. The number of amides is 2. The first kappa shape index (κ1) is 19.6. The van der Waals surface area contributed by atoms with E-state index in [-0.39, 0.29) is 17.2 Å². The zero-order chi connectivity index (χ0) is 20.7. The van der Waals surface area contributed by atoms with Crippen LogP contribution in [0.5, 0.6) is 0 Å². The molecule has 0 spiro atoms. The summed E-state index contributed by atoms with van der Waals surface area (Å²) in [6, 6.07) is 14.1. The average molecular weight is 423 g/mol. The van der Waals surface area contributed by atoms with Gasteiger partial charge in [-0.15, -0.1) is 0 Å². The topological polar surface area (TPSA) is 58.2 Å². The molecule has 4 saturated carbocycles. The molecule has 0 aliphatic heterocycles. The molecular formula is C25H27ClN2O2. The Balaban J connectivity index is 1.18. The zero-order valence-corrected chi connectivity index (χ0v) is 17.8. The minimum atomic E-state index is -0.212. The van der Waals surface area contributed by atoms with E-state index in [9.17, 15) is 9.59 Å². The summed E-state index contributed by atoms with van der Waals surface area (Å²) >= 11 is 5.95. The van der Waals surface area contributed by atoms with Crippen LogP contribution < -0.4 is 10.6 Å². The molecule has 6 rings (SSSR count). The molecule has 156 valence electrons. The number of anilines is 2. The molecule has 0 radical (unpaired) electrons. The molecule has 0 aromatic heterocycles. The van der Waals surface area contributed by atoms with E-state index < -0.39 is 0 Å². The molecule has 4 nitrogen and oxygen atoms in total. The summed E-state index contributed by atoms with van der Waals surface area (Å²) in [5.74, 6) is 2.47. The minimum Gasteiger partial charge on any atom is -0.326 e. The van der Waals surface area contributed by atoms with Gasteiger partial charge in [0.15, 0.2) is 0 Å². The number of benzene rings is 2. The Labute approximate surface area is 182 Å². The van der Waals surface area contributed by atoms with Crippen LogP contribution in [0, 0.1) is 23.2 Å². The highest BCUT2D eigenvalue weighted by Crippen LogP contribution is 2.61. The molecule has 0 unspecified atom stereocenters. The van der Waals surface area contributed by atoms with Gasteiger partial charge in [-0.1, -0.05) is 17.7 Å². The van der Waals surface area contributed by atoms with Crippen molar-refractivity contribution in [3.8, 4) is 0 Å². The summed E-state index contributed by atoms with van der Waals surface area (Å²) in [6.07, 6.45) is 8.53. The van der Waals surface area contributed by atoms with E-state index in [1.54, 1.807) is 24.3 Å². The maximum atomic E-state index is 12.8. The van der Waals surface area contributed by atoms with Crippen LogP contribution in [0.4, 0.5) is 11.4 Å². The molecular weight excluding hydrogens is 396 g/mol. The van der Waals surface area contributed by atoms with Gasteiger partial charge in [0.2, 0.25) is 5.91 Å². The molecule has 2 N–H and O–H groups in total. The highest BCUT2D eigenvalue weighted by atomic mass is 35.5.